The summed E-state index contributed by atoms with van der Waals surface area (Å²) in [6.45, 7) is 1.97. The number of halogens is 1. The first-order valence-electron chi connectivity index (χ1n) is 6.68. The van der Waals surface area contributed by atoms with Crippen LogP contribution >= 0.6 is 0 Å². The average molecular weight is 272 g/mol. The molecule has 1 atom stereocenters. The molecule has 0 aromatic heterocycles. The smallest absolute Gasteiger partial charge is 0.303 e. The largest absolute Gasteiger partial charge is 0.481 e. The SMILES string of the molecule is CCC(CC(=O)O)c1ccc(-c2ccccc2F)cc1. The van der Waals surface area contributed by atoms with Gasteiger partial charge in [0.1, 0.15) is 5.82 Å². The molecule has 2 aromatic rings. The van der Waals surface area contributed by atoms with Crippen LogP contribution in [-0.4, -0.2) is 11.1 Å². The van der Waals surface area contributed by atoms with Crippen LogP contribution in [0.15, 0.2) is 48.5 Å². The molecular formula is C17H17FO2. The van der Waals surface area contributed by atoms with Gasteiger partial charge in [-0.3, -0.25) is 4.79 Å². The van der Waals surface area contributed by atoms with Crippen LogP contribution in [0.3, 0.4) is 0 Å². The van der Waals surface area contributed by atoms with Crippen LogP contribution in [0.4, 0.5) is 4.39 Å². The summed E-state index contributed by atoms with van der Waals surface area (Å²) < 4.78 is 13.7. The summed E-state index contributed by atoms with van der Waals surface area (Å²) in [7, 11) is 0. The average Bonchev–Trinajstić information content (AvgIpc) is 2.45. The van der Waals surface area contributed by atoms with E-state index in [-0.39, 0.29) is 18.2 Å². The third-order valence-corrected chi connectivity index (χ3v) is 3.48. The van der Waals surface area contributed by atoms with Gasteiger partial charge >= 0.3 is 5.97 Å². The first-order valence-corrected chi connectivity index (χ1v) is 6.68. The molecule has 2 rings (SSSR count). The number of benzene rings is 2. The lowest BCUT2D eigenvalue weighted by Crippen LogP contribution is -2.05. The normalized spacial score (nSPS) is 12.1. The fourth-order valence-corrected chi connectivity index (χ4v) is 2.34. The molecule has 0 radical (unpaired) electrons. The zero-order valence-electron chi connectivity index (χ0n) is 11.3. The van der Waals surface area contributed by atoms with E-state index < -0.39 is 5.97 Å². The number of hydrogen-bond donors (Lipinski definition) is 1. The van der Waals surface area contributed by atoms with Crippen LogP contribution in [0.25, 0.3) is 11.1 Å². The van der Waals surface area contributed by atoms with Gasteiger partial charge in [-0.05, 0) is 29.5 Å². The van der Waals surface area contributed by atoms with Crippen molar-refractivity contribution in [2.75, 3.05) is 0 Å². The summed E-state index contributed by atoms with van der Waals surface area (Å²) in [5.41, 5.74) is 2.34. The molecule has 0 aliphatic carbocycles. The fourth-order valence-electron chi connectivity index (χ4n) is 2.34. The first-order chi connectivity index (χ1) is 9.61. The molecule has 1 unspecified atom stereocenters. The quantitative estimate of drug-likeness (QED) is 0.872. The Bertz CT molecular complexity index is 590. The van der Waals surface area contributed by atoms with Gasteiger partial charge in [0.15, 0.2) is 0 Å². The molecule has 0 saturated carbocycles. The molecule has 0 spiro atoms. The lowest BCUT2D eigenvalue weighted by molar-refractivity contribution is -0.137. The van der Waals surface area contributed by atoms with E-state index in [1.54, 1.807) is 18.2 Å². The Kier molecular flexibility index (Phi) is 4.51. The molecule has 0 heterocycles. The maximum absolute atomic E-state index is 13.7. The lowest BCUT2D eigenvalue weighted by Gasteiger charge is -2.13. The van der Waals surface area contributed by atoms with Crippen LogP contribution in [0.5, 0.6) is 0 Å². The second kappa shape index (κ2) is 6.33. The second-order valence-electron chi connectivity index (χ2n) is 4.80. The van der Waals surface area contributed by atoms with E-state index in [1.165, 1.54) is 6.07 Å². The van der Waals surface area contributed by atoms with E-state index in [9.17, 15) is 9.18 Å². The highest BCUT2D eigenvalue weighted by atomic mass is 19.1. The van der Waals surface area contributed by atoms with Crippen LogP contribution in [0, 0.1) is 5.82 Å². The maximum atomic E-state index is 13.7. The van der Waals surface area contributed by atoms with Crippen LogP contribution in [-0.2, 0) is 4.79 Å². The van der Waals surface area contributed by atoms with Crippen LogP contribution < -0.4 is 0 Å². The van der Waals surface area contributed by atoms with Gasteiger partial charge in [0.2, 0.25) is 0 Å². The van der Waals surface area contributed by atoms with Gasteiger partial charge in [-0.2, -0.15) is 0 Å². The molecule has 0 aliphatic rings. The van der Waals surface area contributed by atoms with Crippen LogP contribution in [0.1, 0.15) is 31.2 Å². The minimum atomic E-state index is -0.796. The van der Waals surface area contributed by atoms with Crippen molar-refractivity contribution in [3.63, 3.8) is 0 Å². The van der Waals surface area contributed by atoms with Gasteiger partial charge in [0, 0.05) is 5.56 Å². The van der Waals surface area contributed by atoms with E-state index in [4.69, 9.17) is 5.11 Å². The summed E-state index contributed by atoms with van der Waals surface area (Å²) in [5, 5.41) is 8.90. The third-order valence-electron chi connectivity index (χ3n) is 3.48. The predicted molar refractivity (Wildman–Crippen MR) is 77.1 cm³/mol. The number of aliphatic carboxylic acids is 1. The van der Waals surface area contributed by atoms with Crippen LogP contribution in [0.2, 0.25) is 0 Å². The topological polar surface area (TPSA) is 37.3 Å². The van der Waals surface area contributed by atoms with Crippen molar-refractivity contribution in [3.05, 3.63) is 59.9 Å². The highest BCUT2D eigenvalue weighted by molar-refractivity contribution is 5.68. The van der Waals surface area contributed by atoms with Crippen molar-refractivity contribution in [3.8, 4) is 11.1 Å². The Morgan fingerprint density at radius 2 is 1.80 bits per heavy atom. The van der Waals surface area contributed by atoms with E-state index in [0.29, 0.717) is 5.56 Å². The van der Waals surface area contributed by atoms with E-state index in [2.05, 4.69) is 0 Å². The molecule has 104 valence electrons. The van der Waals surface area contributed by atoms with E-state index in [0.717, 1.165) is 17.5 Å². The summed E-state index contributed by atoms with van der Waals surface area (Å²) in [4.78, 5) is 10.8. The summed E-state index contributed by atoms with van der Waals surface area (Å²) in [6.07, 6.45) is 0.890. The van der Waals surface area contributed by atoms with Crippen molar-refractivity contribution >= 4 is 5.97 Å². The molecular weight excluding hydrogens is 255 g/mol. The van der Waals surface area contributed by atoms with Gasteiger partial charge in [-0.15, -0.1) is 0 Å². The van der Waals surface area contributed by atoms with Crippen molar-refractivity contribution < 1.29 is 14.3 Å². The van der Waals surface area contributed by atoms with Crippen molar-refractivity contribution in [1.29, 1.82) is 0 Å². The monoisotopic (exact) mass is 272 g/mol. The van der Waals surface area contributed by atoms with E-state index in [1.807, 2.05) is 31.2 Å². The number of rotatable bonds is 5. The summed E-state index contributed by atoms with van der Waals surface area (Å²) >= 11 is 0. The third kappa shape index (κ3) is 3.23. The van der Waals surface area contributed by atoms with Gasteiger partial charge in [-0.1, -0.05) is 49.4 Å². The van der Waals surface area contributed by atoms with Gasteiger partial charge < -0.3 is 5.11 Å². The standard InChI is InChI=1S/C17H17FO2/c1-2-12(11-17(19)20)13-7-9-14(10-8-13)15-5-3-4-6-16(15)18/h3-10,12H,2,11H2,1H3,(H,19,20). The summed E-state index contributed by atoms with van der Waals surface area (Å²) in [5.74, 6) is -1.05. The maximum Gasteiger partial charge on any atom is 0.303 e. The highest BCUT2D eigenvalue weighted by Crippen LogP contribution is 2.27. The molecule has 2 aromatic carbocycles. The molecule has 0 fully saturated rings. The van der Waals surface area contributed by atoms with Crippen molar-refractivity contribution in [2.24, 2.45) is 0 Å². The van der Waals surface area contributed by atoms with Gasteiger partial charge in [0.25, 0.3) is 0 Å². The Balaban J connectivity index is 2.26. The van der Waals surface area contributed by atoms with Gasteiger partial charge in [-0.25, -0.2) is 4.39 Å². The molecule has 2 nitrogen and oxygen atoms in total. The Morgan fingerprint density at radius 1 is 1.15 bits per heavy atom. The molecule has 20 heavy (non-hydrogen) atoms. The molecule has 0 saturated heterocycles. The Morgan fingerprint density at radius 3 is 2.35 bits per heavy atom. The highest BCUT2D eigenvalue weighted by Gasteiger charge is 2.13. The minimum Gasteiger partial charge on any atom is -0.481 e. The minimum absolute atomic E-state index is 0.00201. The molecule has 3 heteroatoms. The molecule has 1 N–H and O–H groups in total. The number of carbonyl (C=O) groups is 1. The number of carboxylic acids is 1. The fraction of sp³-hybridized carbons (Fsp3) is 0.235. The predicted octanol–water partition coefficient (Wildman–Crippen LogP) is 4.46. The molecule has 0 amide bonds. The van der Waals surface area contributed by atoms with E-state index >= 15 is 0 Å². The zero-order valence-corrected chi connectivity index (χ0v) is 11.3. The Hall–Kier alpha value is -2.16. The Labute approximate surface area is 117 Å². The first kappa shape index (κ1) is 14.3. The number of hydrogen-bond acceptors (Lipinski definition) is 1. The van der Waals surface area contributed by atoms with Gasteiger partial charge in [0.05, 0.1) is 6.42 Å². The zero-order chi connectivity index (χ0) is 14.5. The van der Waals surface area contributed by atoms with Crippen molar-refractivity contribution in [1.82, 2.24) is 0 Å². The molecule has 0 bridgehead atoms. The molecule has 0 aliphatic heterocycles. The van der Waals surface area contributed by atoms with Crippen molar-refractivity contribution in [2.45, 2.75) is 25.7 Å². The number of carboxylic acid groups (broad SMARTS) is 1. The second-order valence-corrected chi connectivity index (χ2v) is 4.80. The lowest BCUT2D eigenvalue weighted by atomic mass is 9.92. The summed E-state index contributed by atoms with van der Waals surface area (Å²) in [6, 6.07) is 14.1.